The highest BCUT2D eigenvalue weighted by Crippen LogP contribution is 2.29. The molecule has 0 unspecified atom stereocenters. The maximum absolute atomic E-state index is 4.47. The molecule has 1 aromatic heterocycles. The van der Waals surface area contributed by atoms with Crippen LogP contribution in [0.1, 0.15) is 12.8 Å². The number of nitrogens with zero attached hydrogens (tertiary/aromatic N) is 2. The SMILES string of the molecule is CN(CCNC1CC1)c1snc2ccccc12. The van der Waals surface area contributed by atoms with Crippen molar-refractivity contribution in [1.29, 1.82) is 0 Å². The third kappa shape index (κ3) is 2.42. The molecule has 0 saturated heterocycles. The molecule has 1 aliphatic rings. The Labute approximate surface area is 106 Å². The Kier molecular flexibility index (Phi) is 2.99. The summed E-state index contributed by atoms with van der Waals surface area (Å²) in [5.74, 6) is 0. The minimum Gasteiger partial charge on any atom is -0.363 e. The van der Waals surface area contributed by atoms with Crippen LogP contribution in [-0.4, -0.2) is 30.6 Å². The van der Waals surface area contributed by atoms with E-state index in [1.807, 2.05) is 6.07 Å². The number of benzene rings is 1. The first-order valence-electron chi connectivity index (χ1n) is 6.13. The molecule has 1 N–H and O–H groups in total. The van der Waals surface area contributed by atoms with Crippen molar-refractivity contribution < 1.29 is 0 Å². The molecule has 1 saturated carbocycles. The number of nitrogens with one attached hydrogen (secondary N) is 1. The van der Waals surface area contributed by atoms with Crippen LogP contribution in [0.25, 0.3) is 10.9 Å². The van der Waals surface area contributed by atoms with Crippen molar-refractivity contribution in [3.63, 3.8) is 0 Å². The lowest BCUT2D eigenvalue weighted by molar-refractivity contribution is 0.677. The summed E-state index contributed by atoms with van der Waals surface area (Å²) < 4.78 is 4.47. The van der Waals surface area contributed by atoms with Gasteiger partial charge < -0.3 is 10.2 Å². The monoisotopic (exact) mass is 247 g/mol. The van der Waals surface area contributed by atoms with E-state index in [1.165, 1.54) is 23.2 Å². The van der Waals surface area contributed by atoms with Gasteiger partial charge in [-0.15, -0.1) is 0 Å². The molecule has 3 rings (SSSR count). The molecule has 0 spiro atoms. The van der Waals surface area contributed by atoms with Crippen molar-refractivity contribution in [1.82, 2.24) is 9.69 Å². The summed E-state index contributed by atoms with van der Waals surface area (Å²) in [4.78, 5) is 2.30. The van der Waals surface area contributed by atoms with E-state index in [0.717, 1.165) is 24.6 Å². The zero-order valence-electron chi connectivity index (χ0n) is 10.0. The molecule has 90 valence electrons. The maximum Gasteiger partial charge on any atom is 0.119 e. The van der Waals surface area contributed by atoms with Gasteiger partial charge in [0.25, 0.3) is 0 Å². The molecule has 0 radical (unpaired) electrons. The Hall–Kier alpha value is -1.13. The average molecular weight is 247 g/mol. The quantitative estimate of drug-likeness (QED) is 0.880. The summed E-state index contributed by atoms with van der Waals surface area (Å²) in [7, 11) is 2.15. The standard InChI is InChI=1S/C13H17N3S/c1-16(9-8-14-10-6-7-10)13-11-4-2-3-5-12(11)15-17-13/h2-5,10,14H,6-9H2,1H3. The van der Waals surface area contributed by atoms with Crippen LogP contribution in [0, 0.1) is 0 Å². The van der Waals surface area contributed by atoms with Crippen molar-refractivity contribution >= 4 is 27.4 Å². The Morgan fingerprint density at radius 2 is 2.24 bits per heavy atom. The lowest BCUT2D eigenvalue weighted by Crippen LogP contribution is -2.29. The maximum atomic E-state index is 4.47. The first-order chi connectivity index (χ1) is 8.34. The minimum atomic E-state index is 0.793. The van der Waals surface area contributed by atoms with E-state index in [-0.39, 0.29) is 0 Å². The zero-order valence-corrected chi connectivity index (χ0v) is 10.8. The van der Waals surface area contributed by atoms with Gasteiger partial charge in [0.2, 0.25) is 0 Å². The van der Waals surface area contributed by atoms with Crippen molar-refractivity contribution in [2.75, 3.05) is 25.0 Å². The highest BCUT2D eigenvalue weighted by Gasteiger charge is 2.20. The Morgan fingerprint density at radius 1 is 1.41 bits per heavy atom. The van der Waals surface area contributed by atoms with Gasteiger partial charge in [0.15, 0.2) is 0 Å². The molecule has 0 bridgehead atoms. The summed E-state index contributed by atoms with van der Waals surface area (Å²) >= 11 is 1.59. The number of fused-ring (bicyclic) bond motifs is 1. The fraction of sp³-hybridized carbons (Fsp3) is 0.462. The summed E-state index contributed by atoms with van der Waals surface area (Å²) in [6.07, 6.45) is 2.71. The third-order valence-corrected chi connectivity index (χ3v) is 4.16. The lowest BCUT2D eigenvalue weighted by Gasteiger charge is -2.17. The first kappa shape index (κ1) is 11.0. The van der Waals surface area contributed by atoms with Crippen LogP contribution in [0.3, 0.4) is 0 Å². The molecular weight excluding hydrogens is 230 g/mol. The number of hydrogen-bond acceptors (Lipinski definition) is 4. The number of likely N-dealkylation sites (N-methyl/N-ethyl adjacent to an activating group) is 1. The zero-order chi connectivity index (χ0) is 11.7. The second-order valence-electron chi connectivity index (χ2n) is 4.65. The largest absolute Gasteiger partial charge is 0.363 e. The Balaban J connectivity index is 1.68. The topological polar surface area (TPSA) is 28.2 Å². The molecule has 1 fully saturated rings. The van der Waals surface area contributed by atoms with E-state index in [4.69, 9.17) is 0 Å². The van der Waals surface area contributed by atoms with Crippen molar-refractivity contribution in [3.8, 4) is 0 Å². The van der Waals surface area contributed by atoms with Crippen LogP contribution < -0.4 is 10.2 Å². The molecule has 0 aliphatic heterocycles. The van der Waals surface area contributed by atoms with E-state index in [2.05, 4.69) is 39.8 Å². The van der Waals surface area contributed by atoms with Gasteiger partial charge in [0.05, 0.1) is 5.52 Å². The Morgan fingerprint density at radius 3 is 3.06 bits per heavy atom. The molecule has 2 aromatic rings. The van der Waals surface area contributed by atoms with Crippen LogP contribution in [0.4, 0.5) is 5.00 Å². The molecule has 4 heteroatoms. The smallest absolute Gasteiger partial charge is 0.119 e. The number of anilines is 1. The molecular formula is C13H17N3S. The highest BCUT2D eigenvalue weighted by molar-refractivity contribution is 7.11. The fourth-order valence-electron chi connectivity index (χ4n) is 1.98. The second-order valence-corrected chi connectivity index (χ2v) is 5.41. The first-order valence-corrected chi connectivity index (χ1v) is 6.91. The van der Waals surface area contributed by atoms with Gasteiger partial charge >= 0.3 is 0 Å². The molecule has 0 amide bonds. The lowest BCUT2D eigenvalue weighted by atomic mass is 10.2. The van der Waals surface area contributed by atoms with Crippen LogP contribution in [0.15, 0.2) is 24.3 Å². The summed E-state index contributed by atoms with van der Waals surface area (Å²) in [5, 5.41) is 6.09. The van der Waals surface area contributed by atoms with Crippen LogP contribution in [-0.2, 0) is 0 Å². The van der Waals surface area contributed by atoms with Gasteiger partial charge in [-0.1, -0.05) is 12.1 Å². The predicted octanol–water partition coefficient (Wildman–Crippen LogP) is 2.48. The van der Waals surface area contributed by atoms with Gasteiger partial charge in [0.1, 0.15) is 5.00 Å². The predicted molar refractivity (Wildman–Crippen MR) is 73.9 cm³/mol. The van der Waals surface area contributed by atoms with Gasteiger partial charge in [-0.25, -0.2) is 0 Å². The van der Waals surface area contributed by atoms with Gasteiger partial charge in [-0.2, -0.15) is 4.37 Å². The normalized spacial score (nSPS) is 15.4. The highest BCUT2D eigenvalue weighted by atomic mass is 32.1. The van der Waals surface area contributed by atoms with E-state index < -0.39 is 0 Å². The number of aromatic nitrogens is 1. The van der Waals surface area contributed by atoms with E-state index in [0.29, 0.717) is 0 Å². The van der Waals surface area contributed by atoms with Crippen molar-refractivity contribution in [3.05, 3.63) is 24.3 Å². The van der Waals surface area contributed by atoms with Crippen molar-refractivity contribution in [2.45, 2.75) is 18.9 Å². The summed E-state index contributed by atoms with van der Waals surface area (Å²) in [6, 6.07) is 9.14. The summed E-state index contributed by atoms with van der Waals surface area (Å²) in [6.45, 7) is 2.11. The van der Waals surface area contributed by atoms with Gasteiger partial charge in [-0.3, -0.25) is 0 Å². The van der Waals surface area contributed by atoms with Gasteiger partial charge in [-0.05, 0) is 36.5 Å². The molecule has 1 aromatic carbocycles. The van der Waals surface area contributed by atoms with E-state index >= 15 is 0 Å². The summed E-state index contributed by atoms with van der Waals surface area (Å²) in [5.41, 5.74) is 1.11. The van der Waals surface area contributed by atoms with Crippen LogP contribution in [0.2, 0.25) is 0 Å². The molecule has 1 aliphatic carbocycles. The molecule has 3 nitrogen and oxygen atoms in total. The molecule has 0 atom stereocenters. The Bertz CT molecular complexity index is 504. The number of rotatable bonds is 5. The minimum absolute atomic E-state index is 0.793. The van der Waals surface area contributed by atoms with Gasteiger partial charge in [0, 0.05) is 31.6 Å². The van der Waals surface area contributed by atoms with Crippen LogP contribution in [0.5, 0.6) is 0 Å². The van der Waals surface area contributed by atoms with Crippen molar-refractivity contribution in [2.24, 2.45) is 0 Å². The molecule has 17 heavy (non-hydrogen) atoms. The van der Waals surface area contributed by atoms with E-state index in [9.17, 15) is 0 Å². The van der Waals surface area contributed by atoms with E-state index in [1.54, 1.807) is 11.5 Å². The average Bonchev–Trinajstić information content (AvgIpc) is 3.07. The fourth-order valence-corrected chi connectivity index (χ4v) is 2.82. The number of hydrogen-bond donors (Lipinski definition) is 1. The second kappa shape index (κ2) is 4.63. The molecule has 1 heterocycles. The third-order valence-electron chi connectivity index (χ3n) is 3.17. The van der Waals surface area contributed by atoms with Crippen LogP contribution >= 0.6 is 11.5 Å².